The van der Waals surface area contributed by atoms with E-state index in [9.17, 15) is 4.79 Å². The second kappa shape index (κ2) is 9.69. The van der Waals surface area contributed by atoms with Crippen molar-refractivity contribution in [2.45, 2.75) is 31.6 Å². The zero-order valence-corrected chi connectivity index (χ0v) is 18.0. The molecule has 31 heavy (non-hydrogen) atoms. The average Bonchev–Trinajstić information content (AvgIpc) is 3.28. The summed E-state index contributed by atoms with van der Waals surface area (Å²) in [4.78, 5) is 19.3. The molecule has 6 nitrogen and oxygen atoms in total. The van der Waals surface area contributed by atoms with Crippen molar-refractivity contribution in [3.63, 3.8) is 0 Å². The second-order valence-corrected chi connectivity index (χ2v) is 7.86. The minimum Gasteiger partial charge on any atom is -0.497 e. The normalized spacial score (nSPS) is 16.2. The van der Waals surface area contributed by atoms with Crippen LogP contribution in [-0.4, -0.2) is 43.1 Å². The van der Waals surface area contributed by atoms with Gasteiger partial charge < -0.3 is 18.8 Å². The molecule has 6 heteroatoms. The number of amides is 1. The maximum Gasteiger partial charge on any atom is 0.227 e. The number of carbonyl (C=O) groups excluding carboxylic acids is 1. The Hall–Kier alpha value is -3.28. The summed E-state index contributed by atoms with van der Waals surface area (Å²) >= 11 is 0. The molecule has 0 N–H and O–H groups in total. The van der Waals surface area contributed by atoms with Gasteiger partial charge in [-0.3, -0.25) is 4.79 Å². The van der Waals surface area contributed by atoms with Gasteiger partial charge in [0.2, 0.25) is 5.91 Å². The maximum atomic E-state index is 12.9. The molecule has 3 aromatic rings. The number of hydrogen-bond acceptors (Lipinski definition) is 5. The number of oxazole rings is 1. The summed E-state index contributed by atoms with van der Waals surface area (Å²) in [7, 11) is 3.30. The summed E-state index contributed by atoms with van der Waals surface area (Å²) in [6.45, 7) is 1.41. The van der Waals surface area contributed by atoms with Crippen LogP contribution in [0.3, 0.4) is 0 Å². The summed E-state index contributed by atoms with van der Waals surface area (Å²) in [5.74, 6) is 3.37. The third-order valence-corrected chi connectivity index (χ3v) is 5.74. The fraction of sp³-hybridized carbons (Fsp3) is 0.360. The fourth-order valence-electron chi connectivity index (χ4n) is 4.10. The molecule has 0 aliphatic carbocycles. The lowest BCUT2D eigenvalue weighted by molar-refractivity contribution is -0.131. The van der Waals surface area contributed by atoms with Crippen LogP contribution in [0.25, 0.3) is 0 Å². The van der Waals surface area contributed by atoms with Crippen LogP contribution in [0.1, 0.15) is 41.5 Å². The molecule has 0 spiro atoms. The van der Waals surface area contributed by atoms with Gasteiger partial charge in [0, 0.05) is 25.1 Å². The van der Waals surface area contributed by atoms with E-state index < -0.39 is 0 Å². The van der Waals surface area contributed by atoms with Crippen LogP contribution < -0.4 is 9.47 Å². The van der Waals surface area contributed by atoms with Gasteiger partial charge in [0.05, 0.1) is 32.8 Å². The first-order valence-electron chi connectivity index (χ1n) is 10.6. The van der Waals surface area contributed by atoms with Gasteiger partial charge in [-0.05, 0) is 36.6 Å². The number of nitrogens with zero attached hydrogens (tertiary/aromatic N) is 2. The van der Waals surface area contributed by atoms with E-state index in [4.69, 9.17) is 13.9 Å². The Morgan fingerprint density at radius 2 is 2.03 bits per heavy atom. The molecular formula is C25H28N2O4. The van der Waals surface area contributed by atoms with Crippen LogP contribution in [0.2, 0.25) is 0 Å². The zero-order valence-electron chi connectivity index (χ0n) is 18.0. The summed E-state index contributed by atoms with van der Waals surface area (Å²) in [5.41, 5.74) is 2.02. The predicted molar refractivity (Wildman–Crippen MR) is 118 cm³/mol. The second-order valence-electron chi connectivity index (χ2n) is 7.86. The van der Waals surface area contributed by atoms with Crippen molar-refractivity contribution in [2.75, 3.05) is 27.3 Å². The van der Waals surface area contributed by atoms with Gasteiger partial charge in [-0.15, -0.1) is 0 Å². The van der Waals surface area contributed by atoms with Crippen molar-refractivity contribution in [3.05, 3.63) is 77.5 Å². The monoisotopic (exact) mass is 420 g/mol. The van der Waals surface area contributed by atoms with Gasteiger partial charge in [-0.25, -0.2) is 4.98 Å². The van der Waals surface area contributed by atoms with Gasteiger partial charge in [0.1, 0.15) is 17.3 Å². The number of carbonyl (C=O) groups is 1. The molecule has 1 saturated heterocycles. The third kappa shape index (κ3) is 5.08. The number of piperidine rings is 1. The van der Waals surface area contributed by atoms with Crippen LogP contribution in [-0.2, 0) is 17.6 Å². The van der Waals surface area contributed by atoms with E-state index in [1.165, 1.54) is 0 Å². The topological polar surface area (TPSA) is 64.8 Å². The number of benzene rings is 2. The van der Waals surface area contributed by atoms with Crippen molar-refractivity contribution in [2.24, 2.45) is 0 Å². The zero-order chi connectivity index (χ0) is 21.6. The first-order valence-corrected chi connectivity index (χ1v) is 10.6. The van der Waals surface area contributed by atoms with Crippen LogP contribution in [0.4, 0.5) is 0 Å². The van der Waals surface area contributed by atoms with Gasteiger partial charge in [-0.2, -0.15) is 0 Å². The summed E-state index contributed by atoms with van der Waals surface area (Å²) in [5, 5.41) is 0. The highest BCUT2D eigenvalue weighted by molar-refractivity contribution is 5.79. The molecule has 1 aliphatic heterocycles. The number of methoxy groups -OCH3 is 2. The maximum absolute atomic E-state index is 12.9. The Morgan fingerprint density at radius 3 is 2.87 bits per heavy atom. The predicted octanol–water partition coefficient (Wildman–Crippen LogP) is 4.23. The minimum absolute atomic E-state index is 0.120. The molecule has 1 aliphatic rings. The molecule has 1 aromatic heterocycles. The molecule has 0 bridgehead atoms. The number of likely N-dealkylation sites (tertiary alicyclic amines) is 1. The van der Waals surface area contributed by atoms with E-state index in [0.29, 0.717) is 25.3 Å². The molecule has 1 unspecified atom stereocenters. The fourth-order valence-corrected chi connectivity index (χ4v) is 4.10. The van der Waals surface area contributed by atoms with Crippen molar-refractivity contribution < 1.29 is 18.7 Å². The standard InChI is InChI=1S/C25H28N2O4/c1-29-21-10-5-7-18(13-21)14-24(28)27-12-6-9-20(17-27)25-26-16-22(31-25)15-19-8-3-4-11-23(19)30-2/h3-5,7-8,10-11,13,16,20H,6,9,12,14-15,17H2,1-2H3. The van der Waals surface area contributed by atoms with E-state index >= 15 is 0 Å². The quantitative estimate of drug-likeness (QED) is 0.572. The Bertz CT molecular complexity index is 1030. The van der Waals surface area contributed by atoms with Crippen LogP contribution in [0.15, 0.2) is 59.1 Å². The number of hydrogen-bond donors (Lipinski definition) is 0. The van der Waals surface area contributed by atoms with Gasteiger partial charge in [0.25, 0.3) is 0 Å². The van der Waals surface area contributed by atoms with Gasteiger partial charge >= 0.3 is 0 Å². The van der Waals surface area contributed by atoms with Gasteiger partial charge in [-0.1, -0.05) is 30.3 Å². The SMILES string of the molecule is COc1cccc(CC(=O)N2CCCC(c3ncc(Cc4ccccc4OC)o3)C2)c1. The van der Waals surface area contributed by atoms with E-state index in [2.05, 4.69) is 4.98 Å². The van der Waals surface area contributed by atoms with Crippen molar-refractivity contribution in [1.29, 1.82) is 0 Å². The van der Waals surface area contributed by atoms with Crippen LogP contribution in [0, 0.1) is 0 Å². The smallest absolute Gasteiger partial charge is 0.227 e. The highest BCUT2D eigenvalue weighted by Crippen LogP contribution is 2.29. The third-order valence-electron chi connectivity index (χ3n) is 5.74. The molecule has 1 amide bonds. The molecule has 162 valence electrons. The molecule has 0 radical (unpaired) electrons. The largest absolute Gasteiger partial charge is 0.497 e. The van der Waals surface area contributed by atoms with Gasteiger partial charge in [0.15, 0.2) is 5.89 Å². The summed E-state index contributed by atoms with van der Waals surface area (Å²) in [6.07, 6.45) is 4.70. The lowest BCUT2D eigenvalue weighted by Crippen LogP contribution is -2.40. The minimum atomic E-state index is 0.120. The summed E-state index contributed by atoms with van der Waals surface area (Å²) in [6, 6.07) is 15.6. The Balaban J connectivity index is 1.40. The Morgan fingerprint density at radius 1 is 1.16 bits per heavy atom. The first-order chi connectivity index (χ1) is 15.2. The number of rotatable bonds is 7. The number of para-hydroxylation sites is 1. The molecular weight excluding hydrogens is 392 g/mol. The highest BCUT2D eigenvalue weighted by atomic mass is 16.5. The van der Waals surface area contributed by atoms with E-state index in [0.717, 1.165) is 47.8 Å². The highest BCUT2D eigenvalue weighted by Gasteiger charge is 2.28. The summed E-state index contributed by atoms with van der Waals surface area (Å²) < 4.78 is 16.8. The van der Waals surface area contributed by atoms with Crippen molar-refractivity contribution in [3.8, 4) is 11.5 Å². The first kappa shape index (κ1) is 21.0. The van der Waals surface area contributed by atoms with E-state index in [-0.39, 0.29) is 11.8 Å². The van der Waals surface area contributed by atoms with E-state index in [1.54, 1.807) is 20.4 Å². The van der Waals surface area contributed by atoms with E-state index in [1.807, 2.05) is 53.4 Å². The molecule has 2 heterocycles. The molecule has 1 atom stereocenters. The average molecular weight is 421 g/mol. The molecule has 2 aromatic carbocycles. The number of ether oxygens (including phenoxy) is 2. The molecule has 4 rings (SSSR count). The number of aromatic nitrogens is 1. The van der Waals surface area contributed by atoms with Crippen LogP contribution in [0.5, 0.6) is 11.5 Å². The van der Waals surface area contributed by atoms with Crippen molar-refractivity contribution >= 4 is 5.91 Å². The van der Waals surface area contributed by atoms with Crippen LogP contribution >= 0.6 is 0 Å². The lowest BCUT2D eigenvalue weighted by atomic mass is 9.97. The molecule has 0 saturated carbocycles. The van der Waals surface area contributed by atoms with Crippen molar-refractivity contribution in [1.82, 2.24) is 9.88 Å². The Kier molecular flexibility index (Phi) is 6.55. The molecule has 1 fully saturated rings. The Labute approximate surface area is 182 Å². The lowest BCUT2D eigenvalue weighted by Gasteiger charge is -2.31.